The number of aryl methyl sites for hydroxylation is 1. The van der Waals surface area contributed by atoms with Crippen molar-refractivity contribution in [3.8, 4) is 0 Å². The highest BCUT2D eigenvalue weighted by Gasteiger charge is 2.28. The highest BCUT2D eigenvalue weighted by Crippen LogP contribution is 2.30. The Hall–Kier alpha value is -1.36. The van der Waals surface area contributed by atoms with Gasteiger partial charge in [0, 0.05) is 26.1 Å². The Bertz CT molecular complexity index is 416. The second-order valence-corrected chi connectivity index (χ2v) is 6.13. The fourth-order valence-electron chi connectivity index (χ4n) is 2.51. The van der Waals surface area contributed by atoms with Crippen LogP contribution in [0.1, 0.15) is 32.5 Å². The fourth-order valence-corrected chi connectivity index (χ4v) is 2.51. The number of hydrogen-bond donors (Lipinski definition) is 2. The summed E-state index contributed by atoms with van der Waals surface area (Å²) in [5, 5.41) is 6.61. The smallest absolute Gasteiger partial charge is 0.132 e. The standard InChI is InChI=1S/C15H27N5/c1-5-12-18-13(16-3)10-14(19-12)17-11-15(2)6-8-20(4)9-7-15/h10H,5-9,11H2,1-4H3,(H2,16,17,18,19). The SMILES string of the molecule is CCc1nc(NC)cc(NCC2(C)CCN(C)CC2)n1. The van der Waals surface area contributed by atoms with E-state index in [1.54, 1.807) is 0 Å². The summed E-state index contributed by atoms with van der Waals surface area (Å²) >= 11 is 0. The minimum Gasteiger partial charge on any atom is -0.373 e. The van der Waals surface area contributed by atoms with E-state index >= 15 is 0 Å². The van der Waals surface area contributed by atoms with Crippen LogP contribution in [0.5, 0.6) is 0 Å². The molecule has 1 saturated heterocycles. The number of rotatable bonds is 5. The van der Waals surface area contributed by atoms with Crippen molar-refractivity contribution < 1.29 is 0 Å². The third-order valence-corrected chi connectivity index (χ3v) is 4.24. The first kappa shape index (κ1) is 15.0. The van der Waals surface area contributed by atoms with Crippen molar-refractivity contribution in [3.05, 3.63) is 11.9 Å². The molecule has 1 aromatic heterocycles. The Kier molecular flexibility index (Phi) is 4.81. The van der Waals surface area contributed by atoms with Crippen LogP contribution in [0.25, 0.3) is 0 Å². The van der Waals surface area contributed by atoms with Crippen LogP contribution < -0.4 is 10.6 Å². The molecule has 1 aromatic rings. The average Bonchev–Trinajstić information content (AvgIpc) is 2.48. The molecule has 0 unspecified atom stereocenters. The third-order valence-electron chi connectivity index (χ3n) is 4.24. The second kappa shape index (κ2) is 6.39. The van der Waals surface area contributed by atoms with Crippen LogP contribution in [0.4, 0.5) is 11.6 Å². The molecule has 112 valence electrons. The molecule has 0 radical (unpaired) electrons. The monoisotopic (exact) mass is 277 g/mol. The fraction of sp³-hybridized carbons (Fsp3) is 0.733. The van der Waals surface area contributed by atoms with Crippen LogP contribution in [-0.2, 0) is 6.42 Å². The molecule has 2 N–H and O–H groups in total. The summed E-state index contributed by atoms with van der Waals surface area (Å²) in [6.45, 7) is 7.79. The zero-order valence-corrected chi connectivity index (χ0v) is 13.2. The van der Waals surface area contributed by atoms with Gasteiger partial charge in [-0.2, -0.15) is 0 Å². The number of nitrogens with one attached hydrogen (secondary N) is 2. The number of anilines is 2. The van der Waals surface area contributed by atoms with Crippen molar-refractivity contribution in [3.63, 3.8) is 0 Å². The summed E-state index contributed by atoms with van der Waals surface area (Å²) < 4.78 is 0. The van der Waals surface area contributed by atoms with Gasteiger partial charge in [-0.25, -0.2) is 9.97 Å². The van der Waals surface area contributed by atoms with E-state index in [0.29, 0.717) is 5.41 Å². The largest absolute Gasteiger partial charge is 0.373 e. The van der Waals surface area contributed by atoms with Crippen molar-refractivity contribution >= 4 is 11.6 Å². The lowest BCUT2D eigenvalue weighted by molar-refractivity contribution is 0.150. The maximum absolute atomic E-state index is 4.56. The van der Waals surface area contributed by atoms with Gasteiger partial charge in [0.2, 0.25) is 0 Å². The van der Waals surface area contributed by atoms with Crippen molar-refractivity contribution in [2.24, 2.45) is 5.41 Å². The molecule has 0 spiro atoms. The molecule has 1 aliphatic rings. The number of nitrogens with zero attached hydrogens (tertiary/aromatic N) is 3. The minimum absolute atomic E-state index is 0.365. The highest BCUT2D eigenvalue weighted by atomic mass is 15.1. The first-order chi connectivity index (χ1) is 9.54. The van der Waals surface area contributed by atoms with E-state index in [1.165, 1.54) is 25.9 Å². The lowest BCUT2D eigenvalue weighted by Gasteiger charge is -2.38. The Morgan fingerprint density at radius 1 is 1.25 bits per heavy atom. The zero-order valence-electron chi connectivity index (χ0n) is 13.2. The molecule has 2 rings (SSSR count). The number of hydrogen-bond acceptors (Lipinski definition) is 5. The molecule has 2 heterocycles. The molecular formula is C15H27N5. The van der Waals surface area contributed by atoms with Crippen LogP contribution in [0.2, 0.25) is 0 Å². The number of likely N-dealkylation sites (tertiary alicyclic amines) is 1. The third kappa shape index (κ3) is 3.82. The van der Waals surface area contributed by atoms with Gasteiger partial charge in [-0.05, 0) is 38.4 Å². The van der Waals surface area contributed by atoms with Gasteiger partial charge in [0.25, 0.3) is 0 Å². The van der Waals surface area contributed by atoms with E-state index in [4.69, 9.17) is 0 Å². The quantitative estimate of drug-likeness (QED) is 0.864. The van der Waals surface area contributed by atoms with Crippen molar-refractivity contribution in [1.29, 1.82) is 0 Å². The molecule has 0 atom stereocenters. The van der Waals surface area contributed by atoms with Gasteiger partial charge in [0.05, 0.1) is 0 Å². The van der Waals surface area contributed by atoms with Gasteiger partial charge in [-0.1, -0.05) is 13.8 Å². The summed E-state index contributed by atoms with van der Waals surface area (Å²) in [6.07, 6.45) is 3.33. The lowest BCUT2D eigenvalue weighted by Crippen LogP contribution is -2.40. The minimum atomic E-state index is 0.365. The van der Waals surface area contributed by atoms with Crippen LogP contribution in [-0.4, -0.2) is 48.6 Å². The van der Waals surface area contributed by atoms with Gasteiger partial charge in [-0.15, -0.1) is 0 Å². The van der Waals surface area contributed by atoms with Crippen molar-refractivity contribution in [2.75, 3.05) is 44.4 Å². The molecule has 0 saturated carbocycles. The molecule has 1 fully saturated rings. The molecular weight excluding hydrogens is 250 g/mol. The maximum Gasteiger partial charge on any atom is 0.132 e. The van der Waals surface area contributed by atoms with Crippen molar-refractivity contribution in [1.82, 2.24) is 14.9 Å². The Morgan fingerprint density at radius 3 is 2.50 bits per heavy atom. The van der Waals surface area contributed by atoms with Gasteiger partial charge in [-0.3, -0.25) is 0 Å². The number of piperidine rings is 1. The highest BCUT2D eigenvalue weighted by molar-refractivity contribution is 5.47. The molecule has 5 nitrogen and oxygen atoms in total. The van der Waals surface area contributed by atoms with Gasteiger partial charge in [0.15, 0.2) is 0 Å². The predicted octanol–water partition coefficient (Wildman–Crippen LogP) is 2.22. The van der Waals surface area contributed by atoms with Gasteiger partial charge < -0.3 is 15.5 Å². The van der Waals surface area contributed by atoms with E-state index in [9.17, 15) is 0 Å². The van der Waals surface area contributed by atoms with E-state index in [-0.39, 0.29) is 0 Å². The second-order valence-electron chi connectivity index (χ2n) is 6.13. The molecule has 0 aliphatic carbocycles. The summed E-state index contributed by atoms with van der Waals surface area (Å²) in [7, 11) is 4.09. The Balaban J connectivity index is 1.99. The van der Waals surface area contributed by atoms with Crippen molar-refractivity contribution in [2.45, 2.75) is 33.1 Å². The van der Waals surface area contributed by atoms with Crippen LogP contribution in [0.3, 0.4) is 0 Å². The summed E-state index contributed by atoms with van der Waals surface area (Å²) in [4.78, 5) is 11.4. The van der Waals surface area contributed by atoms with E-state index in [2.05, 4.69) is 46.4 Å². The molecule has 0 amide bonds. The maximum atomic E-state index is 4.56. The molecule has 0 aromatic carbocycles. The average molecular weight is 277 g/mol. The van der Waals surface area contributed by atoms with Crippen LogP contribution >= 0.6 is 0 Å². The normalized spacial score (nSPS) is 18.8. The molecule has 1 aliphatic heterocycles. The van der Waals surface area contributed by atoms with Crippen LogP contribution in [0, 0.1) is 5.41 Å². The van der Waals surface area contributed by atoms with E-state index in [1.807, 2.05) is 13.1 Å². The number of aromatic nitrogens is 2. The first-order valence-electron chi connectivity index (χ1n) is 7.53. The summed E-state index contributed by atoms with van der Waals surface area (Å²) in [5.41, 5.74) is 0.365. The lowest BCUT2D eigenvalue weighted by atomic mass is 9.80. The summed E-state index contributed by atoms with van der Waals surface area (Å²) in [5.74, 6) is 2.70. The van der Waals surface area contributed by atoms with Gasteiger partial charge in [0.1, 0.15) is 17.5 Å². The first-order valence-corrected chi connectivity index (χ1v) is 7.53. The summed E-state index contributed by atoms with van der Waals surface area (Å²) in [6, 6.07) is 1.98. The topological polar surface area (TPSA) is 53.1 Å². The van der Waals surface area contributed by atoms with Gasteiger partial charge >= 0.3 is 0 Å². The molecule has 5 heteroatoms. The zero-order chi connectivity index (χ0) is 14.6. The Morgan fingerprint density at radius 2 is 1.90 bits per heavy atom. The van der Waals surface area contributed by atoms with E-state index < -0.39 is 0 Å². The molecule has 20 heavy (non-hydrogen) atoms. The molecule has 0 bridgehead atoms. The van der Waals surface area contributed by atoms with E-state index in [0.717, 1.165) is 30.4 Å². The Labute approximate surface area is 122 Å². The van der Waals surface area contributed by atoms with Crippen LogP contribution in [0.15, 0.2) is 6.07 Å². The predicted molar refractivity (Wildman–Crippen MR) is 84.3 cm³/mol.